The number of rotatable bonds is 5. The number of alkyl halides is 3. The van der Waals surface area contributed by atoms with E-state index >= 15 is 0 Å². The molecule has 0 aliphatic heterocycles. The Morgan fingerprint density at radius 3 is 2.50 bits per heavy atom. The number of nitrogens with zero attached hydrogens (tertiary/aromatic N) is 2. The second kappa shape index (κ2) is 8.96. The Labute approximate surface area is 174 Å². The largest absolute Gasteiger partial charge is 0.417 e. The van der Waals surface area contributed by atoms with Crippen LogP contribution in [0.1, 0.15) is 27.0 Å². The van der Waals surface area contributed by atoms with Crippen molar-refractivity contribution in [3.05, 3.63) is 104 Å². The van der Waals surface area contributed by atoms with Crippen LogP contribution in [0.15, 0.2) is 76.8 Å². The molecule has 1 N–H and O–H groups in total. The van der Waals surface area contributed by atoms with Gasteiger partial charge in [-0.15, -0.1) is 0 Å². The maximum absolute atomic E-state index is 13.0. The summed E-state index contributed by atoms with van der Waals surface area (Å²) in [5.41, 5.74) is 0.905. The zero-order chi connectivity index (χ0) is 21.7. The Morgan fingerprint density at radius 1 is 1.07 bits per heavy atom. The van der Waals surface area contributed by atoms with E-state index in [9.17, 15) is 22.8 Å². The van der Waals surface area contributed by atoms with Crippen LogP contribution < -0.4 is 11.0 Å². The highest BCUT2D eigenvalue weighted by Crippen LogP contribution is 2.31. The van der Waals surface area contributed by atoms with E-state index in [0.717, 1.165) is 12.3 Å². The number of nitrogens with one attached hydrogen (secondary N) is 1. The van der Waals surface area contributed by atoms with Gasteiger partial charge in [-0.05, 0) is 29.8 Å². The topological polar surface area (TPSA) is 63.5 Å². The van der Waals surface area contributed by atoms with Gasteiger partial charge in [0.05, 0.1) is 18.3 Å². The quantitative estimate of drug-likeness (QED) is 0.481. The molecule has 0 spiro atoms. The maximum atomic E-state index is 13.0. The van der Waals surface area contributed by atoms with Gasteiger partial charge in [0.2, 0.25) is 0 Å². The van der Waals surface area contributed by atoms with Crippen molar-refractivity contribution in [1.29, 1.82) is 0 Å². The fourth-order valence-electron chi connectivity index (χ4n) is 2.73. The lowest BCUT2D eigenvalue weighted by atomic mass is 10.1. The maximum Gasteiger partial charge on any atom is 0.417 e. The van der Waals surface area contributed by atoms with E-state index in [-0.39, 0.29) is 17.7 Å². The van der Waals surface area contributed by atoms with Crippen molar-refractivity contribution >= 4 is 23.7 Å². The summed E-state index contributed by atoms with van der Waals surface area (Å²) >= 11 is 6.11. The van der Waals surface area contributed by atoms with Crippen molar-refractivity contribution in [3.63, 3.8) is 0 Å². The molecule has 0 aliphatic rings. The summed E-state index contributed by atoms with van der Waals surface area (Å²) in [5.74, 6) is -0.839. The summed E-state index contributed by atoms with van der Waals surface area (Å²) in [4.78, 5) is 24.9. The van der Waals surface area contributed by atoms with Crippen LogP contribution in [0, 0.1) is 0 Å². The third-order valence-electron chi connectivity index (χ3n) is 4.20. The highest BCUT2D eigenvalue weighted by Gasteiger charge is 2.32. The second-order valence-corrected chi connectivity index (χ2v) is 6.64. The molecule has 1 amide bonds. The summed E-state index contributed by atoms with van der Waals surface area (Å²) in [6, 6.07) is 14.6. The summed E-state index contributed by atoms with van der Waals surface area (Å²) in [6.07, 6.45) is -2.17. The van der Waals surface area contributed by atoms with Gasteiger partial charge in [0.25, 0.3) is 11.5 Å². The minimum absolute atomic E-state index is 0.155. The predicted molar refractivity (Wildman–Crippen MR) is 108 cm³/mol. The molecule has 0 atom stereocenters. The van der Waals surface area contributed by atoms with Crippen molar-refractivity contribution in [1.82, 2.24) is 9.99 Å². The molecule has 1 heterocycles. The number of carbonyl (C=O) groups is 1. The van der Waals surface area contributed by atoms with E-state index in [1.165, 1.54) is 41.1 Å². The Bertz CT molecular complexity index is 1160. The molecule has 0 aliphatic carbocycles. The van der Waals surface area contributed by atoms with Gasteiger partial charge in [-0.3, -0.25) is 9.59 Å². The standard InChI is InChI=1S/C21H15ClF3N3O2/c22-18-10-4-2-7-15(18)13-28-11-5-8-16(20(28)30)19(29)27-26-12-14-6-1-3-9-17(14)21(23,24)25/h1-12H,13H2,(H,27,29)/b26-12-. The number of halogens is 4. The van der Waals surface area contributed by atoms with Gasteiger partial charge in [0.1, 0.15) is 5.56 Å². The minimum Gasteiger partial charge on any atom is -0.310 e. The van der Waals surface area contributed by atoms with Crippen LogP contribution in [-0.2, 0) is 12.7 Å². The number of hydrazone groups is 1. The van der Waals surface area contributed by atoms with Gasteiger partial charge < -0.3 is 4.57 Å². The van der Waals surface area contributed by atoms with Gasteiger partial charge in [-0.2, -0.15) is 18.3 Å². The molecule has 154 valence electrons. The highest BCUT2D eigenvalue weighted by molar-refractivity contribution is 6.31. The number of carbonyl (C=O) groups excluding carboxylic acids is 1. The molecular weight excluding hydrogens is 419 g/mol. The molecule has 1 aromatic heterocycles. The smallest absolute Gasteiger partial charge is 0.310 e. The lowest BCUT2D eigenvalue weighted by Gasteiger charge is -2.10. The number of amides is 1. The van der Waals surface area contributed by atoms with Crippen molar-refractivity contribution in [2.45, 2.75) is 12.7 Å². The van der Waals surface area contributed by atoms with E-state index in [2.05, 4.69) is 10.5 Å². The zero-order valence-corrected chi connectivity index (χ0v) is 16.1. The molecule has 30 heavy (non-hydrogen) atoms. The summed E-state index contributed by atoms with van der Waals surface area (Å²) in [5, 5.41) is 4.05. The molecule has 9 heteroatoms. The molecule has 0 saturated heterocycles. The van der Waals surface area contributed by atoms with Crippen molar-refractivity contribution in [2.24, 2.45) is 5.10 Å². The fourth-order valence-corrected chi connectivity index (χ4v) is 2.93. The van der Waals surface area contributed by atoms with E-state index in [4.69, 9.17) is 11.6 Å². The molecular formula is C21H15ClF3N3O2. The first-order chi connectivity index (χ1) is 14.3. The first-order valence-electron chi connectivity index (χ1n) is 8.70. The van der Waals surface area contributed by atoms with Gasteiger partial charge in [-0.25, -0.2) is 5.43 Å². The van der Waals surface area contributed by atoms with Gasteiger partial charge >= 0.3 is 6.18 Å². The predicted octanol–water partition coefficient (Wildman–Crippen LogP) is 4.33. The molecule has 2 aromatic carbocycles. The molecule has 3 rings (SSSR count). The average Bonchev–Trinajstić information content (AvgIpc) is 2.70. The first-order valence-corrected chi connectivity index (χ1v) is 9.07. The van der Waals surface area contributed by atoms with E-state index < -0.39 is 23.2 Å². The van der Waals surface area contributed by atoms with Crippen molar-refractivity contribution in [3.8, 4) is 0 Å². The molecule has 0 radical (unpaired) electrons. The van der Waals surface area contributed by atoms with Crippen LogP contribution >= 0.6 is 11.6 Å². The van der Waals surface area contributed by atoms with E-state index in [0.29, 0.717) is 10.6 Å². The van der Waals surface area contributed by atoms with Crippen LogP contribution in [0.2, 0.25) is 5.02 Å². The van der Waals surface area contributed by atoms with Crippen LogP contribution in [0.4, 0.5) is 13.2 Å². The zero-order valence-electron chi connectivity index (χ0n) is 15.4. The monoisotopic (exact) mass is 433 g/mol. The Morgan fingerprint density at radius 2 is 1.77 bits per heavy atom. The summed E-state index contributed by atoms with van der Waals surface area (Å²) < 4.78 is 40.3. The normalized spacial score (nSPS) is 11.6. The van der Waals surface area contributed by atoms with Crippen LogP contribution in [0.3, 0.4) is 0 Å². The molecule has 0 unspecified atom stereocenters. The average molecular weight is 434 g/mol. The van der Waals surface area contributed by atoms with Gasteiger partial charge in [-0.1, -0.05) is 48.0 Å². The second-order valence-electron chi connectivity index (χ2n) is 6.23. The van der Waals surface area contributed by atoms with Crippen molar-refractivity contribution in [2.75, 3.05) is 0 Å². The number of hydrogen-bond donors (Lipinski definition) is 1. The molecule has 0 saturated carbocycles. The van der Waals surface area contributed by atoms with E-state index in [1.54, 1.807) is 24.3 Å². The number of benzene rings is 2. The third kappa shape index (κ3) is 4.96. The molecule has 0 fully saturated rings. The van der Waals surface area contributed by atoms with Gasteiger partial charge in [0, 0.05) is 16.8 Å². The van der Waals surface area contributed by atoms with Crippen LogP contribution in [0.5, 0.6) is 0 Å². The third-order valence-corrected chi connectivity index (χ3v) is 4.57. The Hall–Kier alpha value is -3.39. The SMILES string of the molecule is O=C(N/N=C\c1ccccc1C(F)(F)F)c1cccn(Cc2ccccc2Cl)c1=O. The minimum atomic E-state index is -4.56. The molecule has 5 nitrogen and oxygen atoms in total. The van der Waals surface area contributed by atoms with Crippen molar-refractivity contribution < 1.29 is 18.0 Å². The lowest BCUT2D eigenvalue weighted by Crippen LogP contribution is -2.31. The number of hydrogen-bond acceptors (Lipinski definition) is 3. The lowest BCUT2D eigenvalue weighted by molar-refractivity contribution is -0.137. The van der Waals surface area contributed by atoms with Gasteiger partial charge in [0.15, 0.2) is 0 Å². The Kier molecular flexibility index (Phi) is 6.37. The summed E-state index contributed by atoms with van der Waals surface area (Å²) in [7, 11) is 0. The number of aromatic nitrogens is 1. The molecule has 0 bridgehead atoms. The first kappa shape index (κ1) is 21.3. The van der Waals surface area contributed by atoms with E-state index in [1.807, 2.05) is 0 Å². The van der Waals surface area contributed by atoms with Crippen LogP contribution in [-0.4, -0.2) is 16.7 Å². The molecule has 3 aromatic rings. The van der Waals surface area contributed by atoms with Crippen LogP contribution in [0.25, 0.3) is 0 Å². The Balaban J connectivity index is 1.78. The summed E-state index contributed by atoms with van der Waals surface area (Å²) in [6.45, 7) is 0.155. The highest BCUT2D eigenvalue weighted by atomic mass is 35.5. The fraction of sp³-hybridized carbons (Fsp3) is 0.0952. The number of pyridine rings is 1.